The van der Waals surface area contributed by atoms with E-state index in [9.17, 15) is 4.39 Å². The number of aromatic nitrogens is 2. The predicted molar refractivity (Wildman–Crippen MR) is 74.8 cm³/mol. The number of hydrogen-bond donors (Lipinski definition) is 2. The summed E-state index contributed by atoms with van der Waals surface area (Å²) in [4.78, 5) is 8.39. The molecule has 1 atom stereocenters. The molecule has 1 unspecified atom stereocenters. The second kappa shape index (κ2) is 5.65. The number of nitrogens with zero attached hydrogens (tertiary/aromatic N) is 2. The lowest BCUT2D eigenvalue weighted by atomic mass is 10.1. The zero-order valence-electron chi connectivity index (χ0n) is 11.2. The molecule has 0 aliphatic heterocycles. The van der Waals surface area contributed by atoms with Crippen molar-refractivity contribution in [3.8, 4) is 0 Å². The van der Waals surface area contributed by atoms with Gasteiger partial charge >= 0.3 is 0 Å². The van der Waals surface area contributed by atoms with Crippen molar-refractivity contribution in [1.82, 2.24) is 9.97 Å². The molecule has 0 saturated heterocycles. The molecule has 0 radical (unpaired) electrons. The largest absolute Gasteiger partial charge is 0.372 e. The van der Waals surface area contributed by atoms with Crippen molar-refractivity contribution in [3.63, 3.8) is 0 Å². The fourth-order valence-corrected chi connectivity index (χ4v) is 1.74. The summed E-state index contributed by atoms with van der Waals surface area (Å²) < 4.78 is 13.5. The Morgan fingerprint density at radius 3 is 2.63 bits per heavy atom. The first-order chi connectivity index (χ1) is 9.10. The molecule has 0 aliphatic carbocycles. The van der Waals surface area contributed by atoms with Crippen LogP contribution in [0.2, 0.25) is 0 Å². The molecule has 2 aromatic rings. The van der Waals surface area contributed by atoms with Crippen molar-refractivity contribution < 1.29 is 4.39 Å². The zero-order valence-corrected chi connectivity index (χ0v) is 11.2. The Labute approximate surface area is 112 Å². The van der Waals surface area contributed by atoms with Crippen molar-refractivity contribution >= 4 is 11.6 Å². The topological polar surface area (TPSA) is 49.8 Å². The predicted octanol–water partition coefficient (Wildman–Crippen LogP) is 3.14. The van der Waals surface area contributed by atoms with Gasteiger partial charge in [-0.1, -0.05) is 12.1 Å². The van der Waals surface area contributed by atoms with Crippen LogP contribution in [0.25, 0.3) is 0 Å². The smallest absolute Gasteiger partial charge is 0.147 e. The second-order valence-electron chi connectivity index (χ2n) is 4.41. The molecule has 0 bridgehead atoms. The van der Waals surface area contributed by atoms with Crippen molar-refractivity contribution in [1.29, 1.82) is 0 Å². The van der Waals surface area contributed by atoms with Crippen LogP contribution < -0.4 is 10.6 Å². The maximum atomic E-state index is 13.5. The minimum atomic E-state index is -0.193. The Bertz CT molecular complexity index is 571. The molecule has 0 saturated carbocycles. The van der Waals surface area contributed by atoms with E-state index in [1.165, 1.54) is 0 Å². The number of halogens is 1. The minimum absolute atomic E-state index is 0.0449. The zero-order chi connectivity index (χ0) is 13.8. The molecule has 5 heteroatoms. The number of aryl methyl sites for hydroxylation is 1. The van der Waals surface area contributed by atoms with Gasteiger partial charge in [-0.05, 0) is 31.0 Å². The highest BCUT2D eigenvalue weighted by Gasteiger charge is 2.08. The lowest BCUT2D eigenvalue weighted by molar-refractivity contribution is 0.614. The van der Waals surface area contributed by atoms with E-state index < -0.39 is 0 Å². The second-order valence-corrected chi connectivity index (χ2v) is 4.41. The average molecular weight is 260 g/mol. The van der Waals surface area contributed by atoms with Crippen LogP contribution in [0.15, 0.2) is 30.6 Å². The van der Waals surface area contributed by atoms with Crippen molar-refractivity contribution in [2.45, 2.75) is 19.9 Å². The monoisotopic (exact) mass is 260 g/mol. The molecule has 0 amide bonds. The van der Waals surface area contributed by atoms with Crippen LogP contribution >= 0.6 is 0 Å². The van der Waals surface area contributed by atoms with Crippen LogP contribution in [-0.4, -0.2) is 17.0 Å². The van der Waals surface area contributed by atoms with Gasteiger partial charge in [0.05, 0.1) is 18.4 Å². The lowest BCUT2D eigenvalue weighted by Gasteiger charge is -2.15. The fraction of sp³-hybridized carbons (Fsp3) is 0.286. The Hall–Kier alpha value is -2.17. The van der Waals surface area contributed by atoms with Crippen LogP contribution in [0.1, 0.15) is 24.1 Å². The summed E-state index contributed by atoms with van der Waals surface area (Å²) in [6.45, 7) is 3.71. The molecule has 1 aromatic carbocycles. The van der Waals surface area contributed by atoms with Crippen LogP contribution in [0, 0.1) is 12.7 Å². The average Bonchev–Trinajstić information content (AvgIpc) is 2.42. The standard InChI is InChI=1S/C14H17FN4/c1-9-4-5-11(6-12(9)15)10(2)18-14-8-17-7-13(16-3)19-14/h4-8,10H,1-3H3,(H2,16,18,19). The Morgan fingerprint density at radius 2 is 1.95 bits per heavy atom. The Balaban J connectivity index is 2.15. The Kier molecular flexibility index (Phi) is 3.94. The van der Waals surface area contributed by atoms with Gasteiger partial charge in [0.2, 0.25) is 0 Å². The van der Waals surface area contributed by atoms with Crippen molar-refractivity contribution in [2.75, 3.05) is 17.7 Å². The highest BCUT2D eigenvalue weighted by Crippen LogP contribution is 2.20. The van der Waals surface area contributed by atoms with E-state index in [2.05, 4.69) is 20.6 Å². The van der Waals surface area contributed by atoms with E-state index in [0.717, 1.165) is 5.56 Å². The maximum absolute atomic E-state index is 13.5. The maximum Gasteiger partial charge on any atom is 0.147 e. The van der Waals surface area contributed by atoms with Gasteiger partial charge in [-0.15, -0.1) is 0 Å². The summed E-state index contributed by atoms with van der Waals surface area (Å²) >= 11 is 0. The summed E-state index contributed by atoms with van der Waals surface area (Å²) in [7, 11) is 1.78. The summed E-state index contributed by atoms with van der Waals surface area (Å²) in [5.74, 6) is 1.15. The third-order valence-electron chi connectivity index (χ3n) is 2.95. The molecule has 19 heavy (non-hydrogen) atoms. The fourth-order valence-electron chi connectivity index (χ4n) is 1.74. The normalized spacial score (nSPS) is 12.0. The number of anilines is 2. The molecule has 100 valence electrons. The van der Waals surface area contributed by atoms with Crippen LogP contribution in [0.3, 0.4) is 0 Å². The van der Waals surface area contributed by atoms with Gasteiger partial charge < -0.3 is 10.6 Å². The van der Waals surface area contributed by atoms with Crippen molar-refractivity contribution in [2.24, 2.45) is 0 Å². The van der Waals surface area contributed by atoms with E-state index >= 15 is 0 Å². The summed E-state index contributed by atoms with van der Waals surface area (Å²) in [5.41, 5.74) is 1.52. The molecule has 1 heterocycles. The molecule has 2 rings (SSSR count). The molecule has 0 spiro atoms. The molecule has 1 aromatic heterocycles. The highest BCUT2D eigenvalue weighted by atomic mass is 19.1. The highest BCUT2D eigenvalue weighted by molar-refractivity contribution is 5.43. The lowest BCUT2D eigenvalue weighted by Crippen LogP contribution is -2.09. The van der Waals surface area contributed by atoms with Gasteiger partial charge in [0.25, 0.3) is 0 Å². The van der Waals surface area contributed by atoms with Crippen LogP contribution in [0.5, 0.6) is 0 Å². The molecule has 0 aliphatic rings. The van der Waals surface area contributed by atoms with E-state index in [0.29, 0.717) is 17.2 Å². The van der Waals surface area contributed by atoms with Crippen molar-refractivity contribution in [3.05, 3.63) is 47.5 Å². The third-order valence-corrected chi connectivity index (χ3v) is 2.95. The summed E-state index contributed by atoms with van der Waals surface area (Å²) in [6, 6.07) is 5.18. The number of nitrogens with one attached hydrogen (secondary N) is 2. The first-order valence-electron chi connectivity index (χ1n) is 6.12. The Morgan fingerprint density at radius 1 is 1.21 bits per heavy atom. The van der Waals surface area contributed by atoms with Gasteiger partial charge in [-0.2, -0.15) is 0 Å². The summed E-state index contributed by atoms with van der Waals surface area (Å²) in [5, 5.41) is 6.12. The van der Waals surface area contributed by atoms with E-state index in [1.807, 2.05) is 13.0 Å². The van der Waals surface area contributed by atoms with E-state index in [1.54, 1.807) is 38.5 Å². The number of rotatable bonds is 4. The van der Waals surface area contributed by atoms with Crippen LogP contribution in [-0.2, 0) is 0 Å². The van der Waals surface area contributed by atoms with E-state index in [4.69, 9.17) is 0 Å². The number of benzene rings is 1. The van der Waals surface area contributed by atoms with Gasteiger partial charge in [0, 0.05) is 7.05 Å². The first kappa shape index (κ1) is 13.3. The third kappa shape index (κ3) is 3.19. The summed E-state index contributed by atoms with van der Waals surface area (Å²) in [6.07, 6.45) is 3.28. The van der Waals surface area contributed by atoms with Gasteiger partial charge in [-0.25, -0.2) is 9.37 Å². The molecule has 0 fully saturated rings. The quantitative estimate of drug-likeness (QED) is 0.886. The van der Waals surface area contributed by atoms with Crippen LogP contribution in [0.4, 0.5) is 16.0 Å². The SMILES string of the molecule is CNc1cncc(NC(C)c2ccc(C)c(F)c2)n1. The van der Waals surface area contributed by atoms with E-state index in [-0.39, 0.29) is 11.9 Å². The molecular formula is C14H17FN4. The van der Waals surface area contributed by atoms with Gasteiger partial charge in [0.1, 0.15) is 17.5 Å². The van der Waals surface area contributed by atoms with Gasteiger partial charge in [-0.3, -0.25) is 4.98 Å². The number of hydrogen-bond acceptors (Lipinski definition) is 4. The molecule has 2 N–H and O–H groups in total. The first-order valence-corrected chi connectivity index (χ1v) is 6.12. The molecular weight excluding hydrogens is 243 g/mol. The molecule has 4 nitrogen and oxygen atoms in total. The minimum Gasteiger partial charge on any atom is -0.372 e. The van der Waals surface area contributed by atoms with Gasteiger partial charge in [0.15, 0.2) is 0 Å².